The second kappa shape index (κ2) is 5.07. The maximum Gasteiger partial charge on any atom is 0.281 e. The van der Waals surface area contributed by atoms with Crippen molar-refractivity contribution in [2.45, 2.75) is 45.2 Å². The summed E-state index contributed by atoms with van der Waals surface area (Å²) >= 11 is 0. The molecule has 2 fully saturated rings. The number of nitrogens with two attached hydrogens (primary N) is 1. The zero-order valence-electron chi connectivity index (χ0n) is 11.5. The second-order valence-corrected chi connectivity index (χ2v) is 7.94. The number of fused-ring (bicyclic) bond motifs is 1. The molecule has 106 valence electrons. The largest absolute Gasteiger partial charge is 0.327 e. The molecule has 2 N–H and O–H groups in total. The van der Waals surface area contributed by atoms with Gasteiger partial charge in [0, 0.05) is 32.2 Å². The molecular formula is C12H25N3O2S. The molecule has 1 saturated heterocycles. The molecule has 5 nitrogen and oxygen atoms in total. The minimum absolute atomic E-state index is 0.00805. The zero-order valence-corrected chi connectivity index (χ0v) is 12.4. The smallest absolute Gasteiger partial charge is 0.281 e. The van der Waals surface area contributed by atoms with Crippen LogP contribution in [0.4, 0.5) is 0 Å². The molecule has 0 aromatic carbocycles. The summed E-state index contributed by atoms with van der Waals surface area (Å²) < 4.78 is 28.0. The van der Waals surface area contributed by atoms with Gasteiger partial charge in [0.05, 0.1) is 0 Å². The first-order chi connectivity index (χ1) is 8.34. The van der Waals surface area contributed by atoms with Crippen LogP contribution in [0.5, 0.6) is 0 Å². The quantitative estimate of drug-likeness (QED) is 0.821. The summed E-state index contributed by atoms with van der Waals surface area (Å²) in [5, 5.41) is 0. The zero-order chi connectivity index (χ0) is 13.5. The number of rotatable bonds is 3. The van der Waals surface area contributed by atoms with Gasteiger partial charge in [-0.05, 0) is 38.5 Å². The Morgan fingerprint density at radius 3 is 2.50 bits per heavy atom. The first-order valence-corrected chi connectivity index (χ1v) is 8.22. The summed E-state index contributed by atoms with van der Waals surface area (Å²) in [7, 11) is -1.65. The molecule has 3 atom stereocenters. The van der Waals surface area contributed by atoms with Crippen molar-refractivity contribution >= 4 is 10.2 Å². The van der Waals surface area contributed by atoms with Gasteiger partial charge in [-0.1, -0.05) is 6.42 Å². The summed E-state index contributed by atoms with van der Waals surface area (Å²) in [6.45, 7) is 5.04. The molecular weight excluding hydrogens is 250 g/mol. The van der Waals surface area contributed by atoms with E-state index in [-0.39, 0.29) is 12.1 Å². The van der Waals surface area contributed by atoms with Gasteiger partial charge in [0.15, 0.2) is 0 Å². The standard InChI is InChI=1S/C12H25N3O2S/c1-9(2)14(3)18(16,17)15-7-10-5-4-6-12(13)11(10)8-15/h9-12H,4-8,13H2,1-3H3. The summed E-state index contributed by atoms with van der Waals surface area (Å²) in [5.41, 5.74) is 6.13. The third-order valence-corrected chi connectivity index (χ3v) is 6.64. The Balaban J connectivity index is 2.12. The summed E-state index contributed by atoms with van der Waals surface area (Å²) in [6, 6.07) is 0.166. The van der Waals surface area contributed by atoms with Gasteiger partial charge in [-0.2, -0.15) is 17.0 Å². The Bertz CT molecular complexity index is 396. The fourth-order valence-electron chi connectivity index (χ4n) is 3.11. The third-order valence-electron chi connectivity index (χ3n) is 4.54. The van der Waals surface area contributed by atoms with Crippen molar-refractivity contribution < 1.29 is 8.42 Å². The molecule has 1 aliphatic carbocycles. The third kappa shape index (κ3) is 2.43. The van der Waals surface area contributed by atoms with Crippen LogP contribution >= 0.6 is 0 Å². The highest BCUT2D eigenvalue weighted by Gasteiger charge is 2.44. The van der Waals surface area contributed by atoms with E-state index in [1.807, 2.05) is 13.8 Å². The Labute approximate surface area is 110 Å². The van der Waals surface area contributed by atoms with Crippen LogP contribution in [-0.2, 0) is 10.2 Å². The molecule has 3 unspecified atom stereocenters. The van der Waals surface area contributed by atoms with E-state index in [4.69, 9.17) is 5.73 Å². The Morgan fingerprint density at radius 2 is 1.94 bits per heavy atom. The molecule has 6 heteroatoms. The minimum atomic E-state index is -3.31. The first kappa shape index (κ1) is 14.2. The van der Waals surface area contributed by atoms with Gasteiger partial charge >= 0.3 is 0 Å². The van der Waals surface area contributed by atoms with Gasteiger partial charge in [0.2, 0.25) is 0 Å². The van der Waals surface area contributed by atoms with Gasteiger partial charge in [0.25, 0.3) is 10.2 Å². The van der Waals surface area contributed by atoms with Crippen LogP contribution in [0.3, 0.4) is 0 Å². The van der Waals surface area contributed by atoms with Gasteiger partial charge in [0.1, 0.15) is 0 Å². The number of hydrogen-bond donors (Lipinski definition) is 1. The van der Waals surface area contributed by atoms with Crippen molar-refractivity contribution in [2.24, 2.45) is 17.6 Å². The van der Waals surface area contributed by atoms with Crippen LogP contribution in [0.15, 0.2) is 0 Å². The molecule has 1 saturated carbocycles. The van der Waals surface area contributed by atoms with Crippen LogP contribution in [-0.4, -0.2) is 49.2 Å². The molecule has 0 aromatic rings. The van der Waals surface area contributed by atoms with E-state index >= 15 is 0 Å². The highest BCUT2D eigenvalue weighted by atomic mass is 32.2. The molecule has 1 heterocycles. The predicted octanol–water partition coefficient (Wildman–Crippen LogP) is 0.631. The van der Waals surface area contributed by atoms with Crippen molar-refractivity contribution in [3.05, 3.63) is 0 Å². The van der Waals surface area contributed by atoms with E-state index < -0.39 is 10.2 Å². The summed E-state index contributed by atoms with van der Waals surface area (Å²) in [5.74, 6) is 0.818. The first-order valence-electron chi connectivity index (χ1n) is 6.82. The monoisotopic (exact) mass is 275 g/mol. The highest BCUT2D eigenvalue weighted by molar-refractivity contribution is 7.86. The van der Waals surface area contributed by atoms with E-state index in [1.165, 1.54) is 4.31 Å². The molecule has 0 radical (unpaired) electrons. The van der Waals surface area contributed by atoms with Gasteiger partial charge < -0.3 is 5.73 Å². The Hall–Kier alpha value is -0.170. The lowest BCUT2D eigenvalue weighted by atomic mass is 9.78. The summed E-state index contributed by atoms with van der Waals surface area (Å²) in [6.07, 6.45) is 3.29. The van der Waals surface area contributed by atoms with E-state index in [1.54, 1.807) is 11.4 Å². The molecule has 2 rings (SSSR count). The lowest BCUT2D eigenvalue weighted by Crippen LogP contribution is -2.44. The van der Waals surface area contributed by atoms with Crippen molar-refractivity contribution in [1.82, 2.24) is 8.61 Å². The van der Waals surface area contributed by atoms with Gasteiger partial charge in [-0.25, -0.2) is 0 Å². The summed E-state index contributed by atoms with van der Waals surface area (Å²) in [4.78, 5) is 0. The molecule has 0 aromatic heterocycles. The fraction of sp³-hybridized carbons (Fsp3) is 1.00. The maximum atomic E-state index is 12.4. The lowest BCUT2D eigenvalue weighted by molar-refractivity contribution is 0.260. The van der Waals surface area contributed by atoms with Gasteiger partial charge in [-0.3, -0.25) is 0 Å². The van der Waals surface area contributed by atoms with Crippen LogP contribution < -0.4 is 5.73 Å². The van der Waals surface area contributed by atoms with Crippen LogP contribution in [0.1, 0.15) is 33.1 Å². The molecule has 18 heavy (non-hydrogen) atoms. The lowest BCUT2D eigenvalue weighted by Gasteiger charge is -2.29. The van der Waals surface area contributed by atoms with E-state index in [0.29, 0.717) is 24.9 Å². The second-order valence-electron chi connectivity index (χ2n) is 5.95. The number of nitrogens with zero attached hydrogens (tertiary/aromatic N) is 2. The molecule has 2 aliphatic rings. The van der Waals surface area contributed by atoms with Crippen molar-refractivity contribution in [2.75, 3.05) is 20.1 Å². The average Bonchev–Trinajstić information content (AvgIpc) is 2.73. The molecule has 0 spiro atoms. The van der Waals surface area contributed by atoms with E-state index in [9.17, 15) is 8.42 Å². The van der Waals surface area contributed by atoms with Crippen molar-refractivity contribution in [3.8, 4) is 0 Å². The van der Waals surface area contributed by atoms with Crippen molar-refractivity contribution in [3.63, 3.8) is 0 Å². The number of hydrogen-bond acceptors (Lipinski definition) is 3. The fourth-order valence-corrected chi connectivity index (χ4v) is 4.75. The maximum absolute atomic E-state index is 12.4. The van der Waals surface area contributed by atoms with Gasteiger partial charge in [-0.15, -0.1) is 0 Å². The van der Waals surface area contributed by atoms with Crippen LogP contribution in [0, 0.1) is 11.8 Å². The Morgan fingerprint density at radius 1 is 1.28 bits per heavy atom. The highest BCUT2D eigenvalue weighted by Crippen LogP contribution is 2.37. The van der Waals surface area contributed by atoms with E-state index in [2.05, 4.69) is 0 Å². The topological polar surface area (TPSA) is 66.6 Å². The average molecular weight is 275 g/mol. The van der Waals surface area contributed by atoms with Crippen molar-refractivity contribution in [1.29, 1.82) is 0 Å². The Kier molecular flexibility index (Phi) is 4.02. The van der Waals surface area contributed by atoms with Crippen LogP contribution in [0.2, 0.25) is 0 Å². The minimum Gasteiger partial charge on any atom is -0.327 e. The SMILES string of the molecule is CC(C)N(C)S(=O)(=O)N1CC2CCCC(N)C2C1. The normalized spacial score (nSPS) is 34.2. The van der Waals surface area contributed by atoms with E-state index in [0.717, 1.165) is 19.3 Å². The van der Waals surface area contributed by atoms with Crippen LogP contribution in [0.25, 0.3) is 0 Å². The molecule has 0 bridgehead atoms. The predicted molar refractivity (Wildman–Crippen MR) is 72.2 cm³/mol. The molecule has 0 amide bonds. The molecule has 1 aliphatic heterocycles.